The molecule has 2 heterocycles. The van der Waals surface area contributed by atoms with Crippen molar-refractivity contribution in [3.63, 3.8) is 0 Å². The predicted molar refractivity (Wildman–Crippen MR) is 162 cm³/mol. The van der Waals surface area contributed by atoms with Crippen molar-refractivity contribution in [2.24, 2.45) is 17.8 Å². The first-order valence-electron chi connectivity index (χ1n) is 14.8. The zero-order valence-electron chi connectivity index (χ0n) is 25.1. The van der Waals surface area contributed by atoms with Crippen LogP contribution in [0.1, 0.15) is 58.4 Å². The summed E-state index contributed by atoms with van der Waals surface area (Å²) < 4.78 is 15.4. The van der Waals surface area contributed by atoms with Crippen LogP contribution in [-0.2, 0) is 22.5 Å². The molecule has 4 aliphatic carbocycles. The maximum atomic E-state index is 10.2. The Morgan fingerprint density at radius 1 is 1.11 bits per heavy atom. The molecule has 6 nitrogen and oxygen atoms in total. The molecule has 0 radical (unpaired) electrons. The molecular weight excluding hydrogens is 507 g/mol. The molecule has 8 heteroatoms. The molecule has 212 valence electrons. The molecule has 4 bridgehead atoms. The van der Waals surface area contributed by atoms with Gasteiger partial charge in [-0.25, -0.2) is 4.98 Å². The molecule has 3 unspecified atom stereocenters. The summed E-state index contributed by atoms with van der Waals surface area (Å²) in [5.41, 5.74) is 2.95. The fraction of sp³-hybridized carbons (Fsp3) is 0.767. The Hall–Kier alpha value is -1.20. The van der Waals surface area contributed by atoms with Crippen LogP contribution in [0.25, 0.3) is 11.0 Å². The summed E-state index contributed by atoms with van der Waals surface area (Å²) >= 11 is 0. The number of aromatic nitrogens is 2. The third-order valence-electron chi connectivity index (χ3n) is 10.1. The number of pyridine rings is 1. The van der Waals surface area contributed by atoms with Crippen LogP contribution in [0.2, 0.25) is 43.8 Å². The third kappa shape index (κ3) is 5.53. The Morgan fingerprint density at radius 3 is 2.39 bits per heavy atom. The highest BCUT2D eigenvalue weighted by Gasteiger charge is 2.58. The number of ether oxygens (including phenoxy) is 1. The first-order chi connectivity index (χ1) is 17.7. The highest BCUT2D eigenvalue weighted by Crippen LogP contribution is 2.59. The number of aliphatic hydroxyl groups excluding tert-OH is 1. The van der Waals surface area contributed by atoms with Gasteiger partial charge in [0, 0.05) is 44.1 Å². The van der Waals surface area contributed by atoms with Crippen molar-refractivity contribution < 1.29 is 14.3 Å². The molecule has 0 aromatic carbocycles. The average Bonchev–Trinajstić information content (AvgIpc) is 3.20. The number of rotatable bonds is 10. The molecule has 6 rings (SSSR count). The van der Waals surface area contributed by atoms with Crippen LogP contribution in [0, 0.1) is 17.8 Å². The summed E-state index contributed by atoms with van der Waals surface area (Å²) in [6.45, 7) is 20.4. The van der Waals surface area contributed by atoms with Crippen molar-refractivity contribution in [1.29, 1.82) is 0 Å². The van der Waals surface area contributed by atoms with Crippen molar-refractivity contribution in [1.82, 2.24) is 9.55 Å². The van der Waals surface area contributed by atoms with Crippen molar-refractivity contribution in [3.05, 3.63) is 24.0 Å². The van der Waals surface area contributed by atoms with E-state index in [4.69, 9.17) is 14.1 Å². The van der Waals surface area contributed by atoms with Crippen LogP contribution in [-0.4, -0.2) is 49.3 Å². The van der Waals surface area contributed by atoms with Gasteiger partial charge in [-0.3, -0.25) is 0 Å². The van der Waals surface area contributed by atoms with E-state index in [1.54, 1.807) is 0 Å². The van der Waals surface area contributed by atoms with Gasteiger partial charge in [0.25, 0.3) is 0 Å². The van der Waals surface area contributed by atoms with Crippen LogP contribution < -0.4 is 5.32 Å². The molecule has 38 heavy (non-hydrogen) atoms. The van der Waals surface area contributed by atoms with Crippen LogP contribution in [0.3, 0.4) is 0 Å². The normalized spacial score (nSPS) is 29.4. The van der Waals surface area contributed by atoms with E-state index in [1.807, 2.05) is 6.20 Å². The Morgan fingerprint density at radius 2 is 1.79 bits per heavy atom. The summed E-state index contributed by atoms with van der Waals surface area (Å²) in [7, 11) is -2.95. The molecular formula is C30H51N3O3Si2. The van der Waals surface area contributed by atoms with Crippen LogP contribution in [0.4, 0.5) is 5.69 Å². The Bertz CT molecular complexity index is 1130. The number of nitrogens with one attached hydrogen (secondary N) is 1. The van der Waals surface area contributed by atoms with Gasteiger partial charge in [0.05, 0.1) is 17.9 Å². The number of nitrogens with zero attached hydrogens (tertiary/aromatic N) is 2. The van der Waals surface area contributed by atoms with E-state index in [-0.39, 0.29) is 17.2 Å². The topological polar surface area (TPSA) is 68.5 Å². The molecule has 5 atom stereocenters. The van der Waals surface area contributed by atoms with Gasteiger partial charge in [-0.15, -0.1) is 0 Å². The van der Waals surface area contributed by atoms with Crippen molar-refractivity contribution in [2.75, 3.05) is 11.9 Å². The SMILES string of the molecule is CC(C)(C)[Si](C)(C)OC12CC3C[C@H](C1)C(Nc1c(CO)cnc4c1ccn4COCC[Si](C)(C)C)[C@@H](C3)C2. The second-order valence-corrected chi connectivity index (χ2v) is 25.7. The van der Waals surface area contributed by atoms with Crippen LogP contribution >= 0.6 is 0 Å². The van der Waals surface area contributed by atoms with E-state index in [1.165, 1.54) is 32.1 Å². The predicted octanol–water partition coefficient (Wildman–Crippen LogP) is 7.22. The van der Waals surface area contributed by atoms with Gasteiger partial charge in [0.1, 0.15) is 12.4 Å². The van der Waals surface area contributed by atoms with Gasteiger partial charge in [0.15, 0.2) is 8.32 Å². The number of anilines is 1. The van der Waals surface area contributed by atoms with Gasteiger partial charge in [-0.1, -0.05) is 40.4 Å². The van der Waals surface area contributed by atoms with E-state index in [0.29, 0.717) is 24.6 Å². The van der Waals surface area contributed by atoms with E-state index >= 15 is 0 Å². The molecule has 2 aromatic rings. The van der Waals surface area contributed by atoms with Gasteiger partial charge < -0.3 is 24.2 Å². The number of aliphatic hydroxyl groups is 1. The fourth-order valence-electron chi connectivity index (χ4n) is 7.29. The molecule has 0 aliphatic heterocycles. The quantitative estimate of drug-likeness (QED) is 0.238. The minimum Gasteiger partial charge on any atom is -0.411 e. The molecule has 4 fully saturated rings. The van der Waals surface area contributed by atoms with E-state index in [2.05, 4.69) is 75.7 Å². The lowest BCUT2D eigenvalue weighted by Crippen LogP contribution is -2.63. The smallest absolute Gasteiger partial charge is 0.192 e. The van der Waals surface area contributed by atoms with Gasteiger partial charge in [0.2, 0.25) is 0 Å². The van der Waals surface area contributed by atoms with Crippen LogP contribution in [0.15, 0.2) is 18.5 Å². The minimum atomic E-state index is -1.83. The van der Waals surface area contributed by atoms with E-state index < -0.39 is 16.4 Å². The summed E-state index contributed by atoms with van der Waals surface area (Å²) in [5.74, 6) is 2.03. The zero-order valence-corrected chi connectivity index (χ0v) is 27.1. The fourth-order valence-corrected chi connectivity index (χ4v) is 9.68. The standard InChI is InChI=1S/C30H51N3O3Si2/c1-29(2,3)38(7,8)36-30-15-21-13-22(16-30)26(23(14-21)17-30)32-27-24(19-34)18-31-28-25(27)9-10-33(28)20-35-11-12-37(4,5)6/h9-10,18,21-23,26,34H,11-17,19-20H2,1-8H3,(H,31,32)/t21?,22-,23+,26?,30?. The molecule has 0 spiro atoms. The molecule has 2 N–H and O–H groups in total. The number of hydrogen-bond donors (Lipinski definition) is 2. The summed E-state index contributed by atoms with van der Waals surface area (Å²) in [6, 6.07) is 3.73. The molecule has 2 aromatic heterocycles. The zero-order chi connectivity index (χ0) is 27.5. The first kappa shape index (κ1) is 28.3. The lowest BCUT2D eigenvalue weighted by atomic mass is 9.52. The largest absolute Gasteiger partial charge is 0.411 e. The van der Waals surface area contributed by atoms with Crippen molar-refractivity contribution in [2.45, 2.75) is 122 Å². The van der Waals surface area contributed by atoms with E-state index in [0.717, 1.165) is 40.9 Å². The summed E-state index contributed by atoms with van der Waals surface area (Å²) in [6.07, 6.45) is 10.1. The average molecular weight is 558 g/mol. The Balaban J connectivity index is 1.35. The van der Waals surface area contributed by atoms with E-state index in [9.17, 15) is 5.11 Å². The van der Waals surface area contributed by atoms with Gasteiger partial charge in [-0.2, -0.15) is 0 Å². The van der Waals surface area contributed by atoms with Gasteiger partial charge >= 0.3 is 0 Å². The number of fused-ring (bicyclic) bond motifs is 1. The Labute approximate surface area is 232 Å². The van der Waals surface area contributed by atoms with Gasteiger partial charge in [-0.05, 0) is 80.1 Å². The first-order valence-corrected chi connectivity index (χ1v) is 21.4. The Kier molecular flexibility index (Phi) is 7.47. The summed E-state index contributed by atoms with van der Waals surface area (Å²) in [4.78, 5) is 4.74. The second-order valence-electron chi connectivity index (χ2n) is 15.4. The molecule has 0 saturated heterocycles. The third-order valence-corrected chi connectivity index (χ3v) is 16.3. The van der Waals surface area contributed by atoms with Crippen molar-refractivity contribution >= 4 is 33.1 Å². The summed E-state index contributed by atoms with van der Waals surface area (Å²) in [5, 5.41) is 15.6. The minimum absolute atomic E-state index is 0.00768. The number of hydrogen-bond acceptors (Lipinski definition) is 5. The lowest BCUT2D eigenvalue weighted by Gasteiger charge is -2.62. The maximum Gasteiger partial charge on any atom is 0.192 e. The molecule has 4 saturated carbocycles. The van der Waals surface area contributed by atoms with Crippen LogP contribution in [0.5, 0.6) is 0 Å². The highest BCUT2D eigenvalue weighted by atomic mass is 28.4. The molecule has 0 amide bonds. The molecule has 4 aliphatic rings. The van der Waals surface area contributed by atoms with Crippen molar-refractivity contribution in [3.8, 4) is 0 Å². The lowest BCUT2D eigenvalue weighted by molar-refractivity contribution is -0.120. The second kappa shape index (κ2) is 10.0. The highest BCUT2D eigenvalue weighted by molar-refractivity contribution is 6.76. The maximum absolute atomic E-state index is 10.2. The monoisotopic (exact) mass is 557 g/mol.